The van der Waals surface area contributed by atoms with Crippen LogP contribution in [0.4, 0.5) is 0 Å². The highest BCUT2D eigenvalue weighted by molar-refractivity contribution is 9.23. The zero-order valence-corrected chi connectivity index (χ0v) is 8.68. The van der Waals surface area contributed by atoms with Crippen LogP contribution in [0.15, 0.2) is 30.8 Å². The number of halogens is 1. The van der Waals surface area contributed by atoms with Crippen LogP contribution in [-0.2, 0) is 0 Å². The first-order valence-electron chi connectivity index (χ1n) is 3.14. The minimum Gasteiger partial charge on any atom is -0.129 e. The van der Waals surface area contributed by atoms with Crippen molar-refractivity contribution in [2.75, 3.05) is 0 Å². The lowest BCUT2D eigenvalue weighted by Crippen LogP contribution is -2.06. The molecule has 1 aromatic rings. The Morgan fingerprint density at radius 2 is 1.90 bits per heavy atom. The fourth-order valence-corrected chi connectivity index (χ4v) is 2.28. The van der Waals surface area contributed by atoms with Gasteiger partial charge in [-0.25, -0.2) is 0 Å². The maximum Gasteiger partial charge on any atom is 0.130 e. The summed E-state index contributed by atoms with van der Waals surface area (Å²) in [6.07, 6.45) is 1.86. The Labute approximate surface area is 71.4 Å². The molecule has 10 heavy (non-hydrogen) atoms. The monoisotopic (exact) mass is 212 g/mol. The maximum atomic E-state index is 3.69. The Bertz CT molecular complexity index is 215. The van der Waals surface area contributed by atoms with Crippen LogP contribution in [0.25, 0.3) is 6.08 Å². The van der Waals surface area contributed by atoms with Gasteiger partial charge in [0.15, 0.2) is 0 Å². The molecule has 0 unspecified atom stereocenters. The first-order chi connectivity index (χ1) is 4.86. The van der Waals surface area contributed by atoms with Crippen LogP contribution in [0.3, 0.4) is 0 Å². The molecule has 0 fully saturated rings. The fraction of sp³-hybridized carbons (Fsp3) is 0. The summed E-state index contributed by atoms with van der Waals surface area (Å²) < 4.78 is 0. The average Bonchev–Trinajstić information content (AvgIpc) is 2.05. The van der Waals surface area contributed by atoms with Crippen LogP contribution in [0.5, 0.6) is 0 Å². The van der Waals surface area contributed by atoms with Crippen molar-refractivity contribution >= 4 is 34.7 Å². The van der Waals surface area contributed by atoms with E-state index in [1.807, 2.05) is 6.08 Å². The molecule has 0 amide bonds. The molecule has 0 atom stereocenters. The summed E-state index contributed by atoms with van der Waals surface area (Å²) in [5, 5.41) is 1.44. The quantitative estimate of drug-likeness (QED) is 0.515. The second kappa shape index (κ2) is 3.74. The van der Waals surface area contributed by atoms with E-state index in [1.165, 1.54) is 10.8 Å². The summed E-state index contributed by atoms with van der Waals surface area (Å²) in [5.74, 6) is 0. The molecule has 0 nitrogen and oxygen atoms in total. The summed E-state index contributed by atoms with van der Waals surface area (Å²) in [6.45, 7) is 3.69. The molecule has 0 bridgehead atoms. The van der Waals surface area contributed by atoms with Crippen molar-refractivity contribution in [3.05, 3.63) is 36.4 Å². The predicted octanol–water partition coefficient (Wildman–Crippen LogP) is 1.43. The smallest absolute Gasteiger partial charge is 0.129 e. The van der Waals surface area contributed by atoms with Crippen LogP contribution in [0, 0.1) is 0 Å². The minimum absolute atomic E-state index is 0.154. The van der Waals surface area contributed by atoms with Crippen molar-refractivity contribution in [2.24, 2.45) is 0 Å². The summed E-state index contributed by atoms with van der Waals surface area (Å²) in [4.78, 5) is 0. The second-order valence-electron chi connectivity index (χ2n) is 2.08. The van der Waals surface area contributed by atoms with Gasteiger partial charge in [-0.2, -0.15) is 0 Å². The van der Waals surface area contributed by atoms with Gasteiger partial charge in [-0.15, -0.1) is 15.3 Å². The molecule has 0 saturated heterocycles. The molecular weight excluding hydrogens is 204 g/mol. The molecule has 0 aliphatic heterocycles. The summed E-state index contributed by atoms with van der Waals surface area (Å²) in [6, 6.07) is 8.49. The lowest BCUT2D eigenvalue weighted by Gasteiger charge is -1.94. The van der Waals surface area contributed by atoms with Crippen molar-refractivity contribution < 1.29 is 0 Å². The van der Waals surface area contributed by atoms with Gasteiger partial charge in [0, 0.05) is 0 Å². The molecule has 0 heterocycles. The molecule has 0 spiro atoms. The number of hydrogen-bond donors (Lipinski definition) is 0. The van der Waals surface area contributed by atoms with Crippen LogP contribution >= 0.6 is 15.3 Å². The fourth-order valence-electron chi connectivity index (χ4n) is 0.743. The van der Waals surface area contributed by atoms with Crippen LogP contribution in [0.1, 0.15) is 5.56 Å². The predicted molar refractivity (Wildman–Crippen MR) is 53.6 cm³/mol. The normalized spacial score (nSPS) is 10.5. The first-order valence-corrected chi connectivity index (χ1v) is 7.75. The third-order valence-corrected chi connectivity index (χ3v) is 4.09. The van der Waals surface area contributed by atoms with Crippen LogP contribution < -0.4 is 5.19 Å². The van der Waals surface area contributed by atoms with Crippen LogP contribution in [0.2, 0.25) is 0 Å². The van der Waals surface area contributed by atoms with Crippen molar-refractivity contribution in [3.63, 3.8) is 0 Å². The van der Waals surface area contributed by atoms with E-state index in [2.05, 4.69) is 46.1 Å². The molecule has 1 rings (SSSR count). The Hall–Kier alpha value is -0.343. The Kier molecular flexibility index (Phi) is 2.90. The maximum absolute atomic E-state index is 3.69. The molecule has 2 heteroatoms. The summed E-state index contributed by atoms with van der Waals surface area (Å²) in [7, 11) is -0.154. The number of rotatable bonds is 2. The second-order valence-corrected chi connectivity index (χ2v) is 4.85. The average molecular weight is 213 g/mol. The van der Waals surface area contributed by atoms with Gasteiger partial charge in [0.05, 0.1) is 0 Å². The minimum atomic E-state index is -0.154. The standard InChI is InChI=1S/C8H9BrSi/c1-2-7-3-5-8(10-9)6-4-7/h2-6H,1,10H2. The van der Waals surface area contributed by atoms with Crippen molar-refractivity contribution in [2.45, 2.75) is 0 Å². The molecule has 0 N–H and O–H groups in total. The zero-order chi connectivity index (χ0) is 7.40. The third-order valence-electron chi connectivity index (χ3n) is 1.37. The van der Waals surface area contributed by atoms with E-state index in [0.29, 0.717) is 0 Å². The van der Waals surface area contributed by atoms with Gasteiger partial charge in [0.1, 0.15) is 8.14 Å². The van der Waals surface area contributed by atoms with E-state index in [0.717, 1.165) is 0 Å². The Balaban J connectivity index is 2.90. The van der Waals surface area contributed by atoms with Gasteiger partial charge in [-0.05, 0) is 5.56 Å². The molecule has 0 aromatic heterocycles. The topological polar surface area (TPSA) is 0 Å². The van der Waals surface area contributed by atoms with E-state index >= 15 is 0 Å². The zero-order valence-electron chi connectivity index (χ0n) is 5.68. The molecule has 0 aliphatic rings. The summed E-state index contributed by atoms with van der Waals surface area (Å²) in [5.41, 5.74) is 1.19. The van der Waals surface area contributed by atoms with Crippen LogP contribution in [-0.4, -0.2) is 8.14 Å². The molecule has 0 radical (unpaired) electrons. The SMILES string of the molecule is C=Cc1ccc([SiH2]Br)cc1. The van der Waals surface area contributed by atoms with E-state index in [1.54, 1.807) is 0 Å². The van der Waals surface area contributed by atoms with E-state index < -0.39 is 0 Å². The Morgan fingerprint density at radius 1 is 1.30 bits per heavy atom. The highest BCUT2D eigenvalue weighted by Crippen LogP contribution is 1.97. The van der Waals surface area contributed by atoms with Gasteiger partial charge in [-0.3, -0.25) is 0 Å². The van der Waals surface area contributed by atoms with E-state index in [-0.39, 0.29) is 8.14 Å². The molecule has 52 valence electrons. The van der Waals surface area contributed by atoms with E-state index in [9.17, 15) is 0 Å². The largest absolute Gasteiger partial charge is 0.130 e. The third kappa shape index (κ3) is 1.82. The van der Waals surface area contributed by atoms with Gasteiger partial charge in [0.25, 0.3) is 0 Å². The lowest BCUT2D eigenvalue weighted by molar-refractivity contribution is 1.71. The van der Waals surface area contributed by atoms with Gasteiger partial charge in [-0.1, -0.05) is 42.1 Å². The van der Waals surface area contributed by atoms with Gasteiger partial charge in [0.2, 0.25) is 0 Å². The van der Waals surface area contributed by atoms with Gasteiger partial charge >= 0.3 is 0 Å². The summed E-state index contributed by atoms with van der Waals surface area (Å²) >= 11 is 3.52. The van der Waals surface area contributed by atoms with Gasteiger partial charge < -0.3 is 0 Å². The Morgan fingerprint density at radius 3 is 2.30 bits per heavy atom. The molecular formula is C8H9BrSi. The molecule has 0 aliphatic carbocycles. The van der Waals surface area contributed by atoms with Crippen molar-refractivity contribution in [3.8, 4) is 0 Å². The van der Waals surface area contributed by atoms with Crippen molar-refractivity contribution in [1.82, 2.24) is 0 Å². The molecule has 0 saturated carbocycles. The lowest BCUT2D eigenvalue weighted by atomic mass is 10.2. The number of benzene rings is 1. The highest BCUT2D eigenvalue weighted by atomic mass is 79.9. The first kappa shape index (κ1) is 7.76. The highest BCUT2D eigenvalue weighted by Gasteiger charge is 1.88. The number of hydrogen-bond acceptors (Lipinski definition) is 0. The molecule has 1 aromatic carbocycles. The van der Waals surface area contributed by atoms with Crippen molar-refractivity contribution in [1.29, 1.82) is 0 Å². The van der Waals surface area contributed by atoms with E-state index in [4.69, 9.17) is 0 Å².